The molecule has 2 saturated heterocycles. The molecule has 0 bridgehead atoms. The van der Waals surface area contributed by atoms with E-state index in [0.29, 0.717) is 22.8 Å². The Bertz CT molecular complexity index is 363. The highest BCUT2D eigenvalue weighted by atomic mass is 35.5. The van der Waals surface area contributed by atoms with Crippen molar-refractivity contribution in [3.63, 3.8) is 0 Å². The van der Waals surface area contributed by atoms with Crippen LogP contribution in [0.2, 0.25) is 0 Å². The van der Waals surface area contributed by atoms with Crippen LogP contribution < -0.4 is 21.3 Å². The Morgan fingerprint density at radius 1 is 1.11 bits per heavy atom. The van der Waals surface area contributed by atoms with Gasteiger partial charge in [-0.1, -0.05) is 11.6 Å². The number of nitrogens with one attached hydrogen (secondary N) is 4. The second-order valence-electron chi connectivity index (χ2n) is 5.51. The van der Waals surface area contributed by atoms with Crippen LogP contribution in [0.3, 0.4) is 0 Å². The summed E-state index contributed by atoms with van der Waals surface area (Å²) in [6.07, 6.45) is 5.19. The van der Waals surface area contributed by atoms with Gasteiger partial charge in [0.05, 0.1) is 17.6 Å². The predicted molar refractivity (Wildman–Crippen MR) is 82.0 cm³/mol. The molecule has 0 aromatic carbocycles. The van der Waals surface area contributed by atoms with Gasteiger partial charge in [-0.15, -0.1) is 11.8 Å². The summed E-state index contributed by atoms with van der Waals surface area (Å²) in [5.74, 6) is 0. The second-order valence-corrected chi connectivity index (χ2v) is 7.45. The quantitative estimate of drug-likeness (QED) is 0.636. The van der Waals surface area contributed by atoms with Crippen molar-refractivity contribution in [2.24, 2.45) is 0 Å². The van der Waals surface area contributed by atoms with Gasteiger partial charge in [0, 0.05) is 23.6 Å². The molecule has 2 fully saturated rings. The minimum atomic E-state index is 0.391. The van der Waals surface area contributed by atoms with Gasteiger partial charge in [0.1, 0.15) is 0 Å². The van der Waals surface area contributed by atoms with Crippen LogP contribution in [0.5, 0.6) is 0 Å². The summed E-state index contributed by atoms with van der Waals surface area (Å²) in [6, 6.07) is 0.448. The molecule has 4 atom stereocenters. The predicted octanol–water partition coefficient (Wildman–Crippen LogP) is 1.50. The third-order valence-electron chi connectivity index (χ3n) is 4.25. The minimum absolute atomic E-state index is 0.391. The Kier molecular flexibility index (Phi) is 4.72. The van der Waals surface area contributed by atoms with E-state index in [0.717, 1.165) is 24.8 Å². The van der Waals surface area contributed by atoms with Gasteiger partial charge in [-0.25, -0.2) is 0 Å². The first-order chi connectivity index (χ1) is 9.25. The van der Waals surface area contributed by atoms with Crippen LogP contribution in [0.1, 0.15) is 32.6 Å². The SMILES string of the molecule is CC(SC1NCNC2NCNC21)C1=C(Cl)CCCC1. The van der Waals surface area contributed by atoms with Crippen molar-refractivity contribution < 1.29 is 0 Å². The Hall–Kier alpha value is 0.220. The second kappa shape index (κ2) is 6.33. The molecule has 0 aromatic heterocycles. The van der Waals surface area contributed by atoms with Gasteiger partial charge in [-0.3, -0.25) is 21.3 Å². The van der Waals surface area contributed by atoms with E-state index in [4.69, 9.17) is 11.6 Å². The van der Waals surface area contributed by atoms with Crippen molar-refractivity contribution in [2.75, 3.05) is 13.3 Å². The Balaban J connectivity index is 1.63. The first kappa shape index (κ1) is 14.2. The van der Waals surface area contributed by atoms with Gasteiger partial charge in [0.2, 0.25) is 0 Å². The summed E-state index contributed by atoms with van der Waals surface area (Å²) in [4.78, 5) is 0. The molecule has 0 spiro atoms. The summed E-state index contributed by atoms with van der Waals surface area (Å²) < 4.78 is 0. The normalized spacial score (nSPS) is 37.3. The molecular weight excluding hydrogens is 280 g/mol. The summed E-state index contributed by atoms with van der Waals surface area (Å²) in [6.45, 7) is 4.06. The number of halogens is 1. The standard InChI is InChI=1S/C13H23ClN4S/c1-8(9-4-2-3-5-10(9)14)19-13-11-12(16-6-15-11)17-7-18-13/h8,11-13,15-18H,2-7H2,1H3. The van der Waals surface area contributed by atoms with Crippen molar-refractivity contribution in [1.82, 2.24) is 21.3 Å². The highest BCUT2D eigenvalue weighted by Gasteiger charge is 2.37. The van der Waals surface area contributed by atoms with Gasteiger partial charge in [0.25, 0.3) is 0 Å². The van der Waals surface area contributed by atoms with E-state index in [1.165, 1.54) is 24.8 Å². The molecular formula is C13H23ClN4S. The molecule has 4 N–H and O–H groups in total. The highest BCUT2D eigenvalue weighted by Crippen LogP contribution is 2.36. The lowest BCUT2D eigenvalue weighted by molar-refractivity contribution is 0.322. The smallest absolute Gasteiger partial charge is 0.0774 e. The van der Waals surface area contributed by atoms with Crippen LogP contribution >= 0.6 is 23.4 Å². The number of hydrogen-bond acceptors (Lipinski definition) is 5. The van der Waals surface area contributed by atoms with Crippen molar-refractivity contribution in [3.8, 4) is 0 Å². The fraction of sp³-hybridized carbons (Fsp3) is 0.846. The van der Waals surface area contributed by atoms with Crippen LogP contribution in [-0.4, -0.2) is 36.2 Å². The van der Waals surface area contributed by atoms with Crippen LogP contribution in [0.4, 0.5) is 0 Å². The molecule has 4 unspecified atom stereocenters. The minimum Gasteiger partial charge on any atom is -0.297 e. The first-order valence-electron chi connectivity index (χ1n) is 7.22. The average molecular weight is 303 g/mol. The Labute approximate surface area is 124 Å². The molecule has 19 heavy (non-hydrogen) atoms. The number of thioether (sulfide) groups is 1. The monoisotopic (exact) mass is 302 g/mol. The van der Waals surface area contributed by atoms with E-state index in [9.17, 15) is 0 Å². The van der Waals surface area contributed by atoms with Crippen molar-refractivity contribution >= 4 is 23.4 Å². The van der Waals surface area contributed by atoms with E-state index in [-0.39, 0.29) is 0 Å². The third-order valence-corrected chi connectivity index (χ3v) is 6.13. The fourth-order valence-corrected chi connectivity index (χ4v) is 5.08. The summed E-state index contributed by atoms with van der Waals surface area (Å²) in [5.41, 5.74) is 1.47. The average Bonchev–Trinajstić information content (AvgIpc) is 2.88. The molecule has 6 heteroatoms. The van der Waals surface area contributed by atoms with Crippen molar-refractivity contribution in [3.05, 3.63) is 10.6 Å². The zero-order valence-electron chi connectivity index (χ0n) is 11.3. The summed E-state index contributed by atoms with van der Waals surface area (Å²) >= 11 is 8.42. The largest absolute Gasteiger partial charge is 0.297 e. The third kappa shape index (κ3) is 3.12. The maximum absolute atomic E-state index is 6.41. The van der Waals surface area contributed by atoms with E-state index in [1.54, 1.807) is 0 Å². The van der Waals surface area contributed by atoms with Crippen molar-refractivity contribution in [1.29, 1.82) is 0 Å². The molecule has 1 aliphatic carbocycles. The molecule has 0 aromatic rings. The van der Waals surface area contributed by atoms with E-state index in [1.807, 2.05) is 11.8 Å². The molecule has 2 aliphatic heterocycles. The van der Waals surface area contributed by atoms with Gasteiger partial charge < -0.3 is 0 Å². The molecule has 2 heterocycles. The van der Waals surface area contributed by atoms with Gasteiger partial charge in [-0.05, 0) is 38.2 Å². The zero-order chi connectivity index (χ0) is 13.2. The topological polar surface area (TPSA) is 48.1 Å². The summed E-state index contributed by atoms with van der Waals surface area (Å²) in [7, 11) is 0. The van der Waals surface area contributed by atoms with Crippen LogP contribution in [0.15, 0.2) is 10.6 Å². The van der Waals surface area contributed by atoms with E-state index >= 15 is 0 Å². The molecule has 3 aliphatic rings. The summed E-state index contributed by atoms with van der Waals surface area (Å²) in [5, 5.41) is 16.0. The number of allylic oxidation sites excluding steroid dienone is 1. The fourth-order valence-electron chi connectivity index (χ4n) is 3.16. The van der Waals surface area contributed by atoms with Gasteiger partial charge >= 0.3 is 0 Å². The molecule has 0 amide bonds. The van der Waals surface area contributed by atoms with Gasteiger partial charge in [-0.2, -0.15) is 0 Å². The molecule has 0 radical (unpaired) electrons. The van der Waals surface area contributed by atoms with E-state index < -0.39 is 0 Å². The number of fused-ring (bicyclic) bond motifs is 1. The highest BCUT2D eigenvalue weighted by molar-refractivity contribution is 8.00. The van der Waals surface area contributed by atoms with Crippen LogP contribution in [0, 0.1) is 0 Å². The Morgan fingerprint density at radius 3 is 2.63 bits per heavy atom. The molecule has 0 saturated carbocycles. The maximum atomic E-state index is 6.41. The lowest BCUT2D eigenvalue weighted by atomic mass is 9.97. The zero-order valence-corrected chi connectivity index (χ0v) is 12.9. The van der Waals surface area contributed by atoms with Crippen molar-refractivity contribution in [2.45, 2.75) is 55.4 Å². The lowest BCUT2D eigenvalue weighted by Crippen LogP contribution is -2.63. The molecule has 4 nitrogen and oxygen atoms in total. The van der Waals surface area contributed by atoms with Crippen LogP contribution in [-0.2, 0) is 0 Å². The lowest BCUT2D eigenvalue weighted by Gasteiger charge is -2.36. The Morgan fingerprint density at radius 2 is 1.84 bits per heavy atom. The number of hydrogen-bond donors (Lipinski definition) is 4. The van der Waals surface area contributed by atoms with Crippen LogP contribution in [0.25, 0.3) is 0 Å². The van der Waals surface area contributed by atoms with Gasteiger partial charge in [0.15, 0.2) is 0 Å². The number of rotatable bonds is 3. The maximum Gasteiger partial charge on any atom is 0.0774 e. The molecule has 108 valence electrons. The van der Waals surface area contributed by atoms with E-state index in [2.05, 4.69) is 28.2 Å². The first-order valence-corrected chi connectivity index (χ1v) is 8.54. The molecule has 3 rings (SSSR count).